The van der Waals surface area contributed by atoms with Crippen molar-refractivity contribution in [3.63, 3.8) is 0 Å². The number of fused-ring (bicyclic) bond motifs is 1. The van der Waals surface area contributed by atoms with Crippen molar-refractivity contribution in [1.82, 2.24) is 10.3 Å². The first kappa shape index (κ1) is 17.9. The molecule has 1 atom stereocenters. The highest BCUT2D eigenvalue weighted by molar-refractivity contribution is 5.83. The fourth-order valence-corrected chi connectivity index (χ4v) is 3.29. The lowest BCUT2D eigenvalue weighted by atomic mass is 10.0. The number of aromatic amines is 1. The van der Waals surface area contributed by atoms with Gasteiger partial charge in [-0.1, -0.05) is 36.4 Å². The number of carbonyl (C=O) groups is 1. The Morgan fingerprint density at radius 3 is 2.58 bits per heavy atom. The Bertz CT molecular complexity index is 990. The lowest BCUT2D eigenvalue weighted by Crippen LogP contribution is -2.27. The van der Waals surface area contributed by atoms with Crippen molar-refractivity contribution in [2.24, 2.45) is 0 Å². The molecular formula is C22H24N2O2. The number of pyridine rings is 1. The minimum Gasteiger partial charge on any atom is -0.350 e. The Morgan fingerprint density at radius 2 is 1.85 bits per heavy atom. The molecule has 1 unspecified atom stereocenters. The molecule has 1 aromatic heterocycles. The number of amides is 1. The Hall–Kier alpha value is -2.88. The lowest BCUT2D eigenvalue weighted by molar-refractivity contribution is -0.121. The predicted octanol–water partition coefficient (Wildman–Crippen LogP) is 3.95. The second kappa shape index (κ2) is 7.56. The molecule has 4 heteroatoms. The Balaban J connectivity index is 1.70. The fraction of sp³-hybridized carbons (Fsp3) is 0.273. The highest BCUT2D eigenvalue weighted by Gasteiger charge is 2.11. The molecule has 0 radical (unpaired) electrons. The van der Waals surface area contributed by atoms with Gasteiger partial charge < -0.3 is 10.3 Å². The molecule has 0 saturated heterocycles. The van der Waals surface area contributed by atoms with Crippen LogP contribution in [0.25, 0.3) is 10.9 Å². The van der Waals surface area contributed by atoms with Crippen LogP contribution in [0.2, 0.25) is 0 Å². The molecule has 1 amide bonds. The summed E-state index contributed by atoms with van der Waals surface area (Å²) in [6, 6.07) is 15.8. The van der Waals surface area contributed by atoms with Gasteiger partial charge in [0.1, 0.15) is 0 Å². The number of rotatable bonds is 5. The number of carbonyl (C=O) groups excluding carboxylic acids is 1. The maximum absolute atomic E-state index is 12.3. The molecule has 3 aromatic rings. The molecule has 0 spiro atoms. The van der Waals surface area contributed by atoms with Gasteiger partial charge in [0.15, 0.2) is 0 Å². The van der Waals surface area contributed by atoms with E-state index in [1.807, 2.05) is 63.2 Å². The van der Waals surface area contributed by atoms with Crippen LogP contribution in [0.15, 0.2) is 53.3 Å². The monoisotopic (exact) mass is 348 g/mol. The SMILES string of the molecule is Cc1cc(C)c2cc(CCC(=O)NC(C)c3ccccc3)c(=O)[nH]c2c1. The van der Waals surface area contributed by atoms with Crippen LogP contribution in [0.5, 0.6) is 0 Å². The molecule has 1 heterocycles. The number of benzene rings is 2. The highest BCUT2D eigenvalue weighted by atomic mass is 16.1. The molecular weight excluding hydrogens is 324 g/mol. The van der Waals surface area contributed by atoms with Crippen molar-refractivity contribution in [2.75, 3.05) is 0 Å². The average molecular weight is 348 g/mol. The van der Waals surface area contributed by atoms with E-state index in [1.165, 1.54) is 0 Å². The minimum atomic E-state index is -0.119. The summed E-state index contributed by atoms with van der Waals surface area (Å²) in [5.74, 6) is -0.0542. The molecule has 2 N–H and O–H groups in total. The number of aromatic nitrogens is 1. The smallest absolute Gasteiger partial charge is 0.251 e. The van der Waals surface area contributed by atoms with Crippen LogP contribution < -0.4 is 10.9 Å². The standard InChI is InChI=1S/C22H24N2O2/c1-14-11-15(2)19-13-18(22(26)24-20(19)12-14)9-10-21(25)23-16(3)17-7-5-4-6-8-17/h4-8,11-13,16H,9-10H2,1-3H3,(H,23,25)(H,24,26). The summed E-state index contributed by atoms with van der Waals surface area (Å²) in [6.07, 6.45) is 0.711. The van der Waals surface area contributed by atoms with Crippen molar-refractivity contribution in [3.05, 3.63) is 81.1 Å². The third-order valence-electron chi connectivity index (χ3n) is 4.69. The van der Waals surface area contributed by atoms with E-state index in [1.54, 1.807) is 0 Å². The third-order valence-corrected chi connectivity index (χ3v) is 4.69. The van der Waals surface area contributed by atoms with Crippen molar-refractivity contribution in [3.8, 4) is 0 Å². The van der Waals surface area contributed by atoms with E-state index in [2.05, 4.69) is 16.4 Å². The van der Waals surface area contributed by atoms with E-state index in [9.17, 15) is 9.59 Å². The van der Waals surface area contributed by atoms with E-state index in [-0.39, 0.29) is 23.9 Å². The van der Waals surface area contributed by atoms with E-state index >= 15 is 0 Å². The summed E-state index contributed by atoms with van der Waals surface area (Å²) in [6.45, 7) is 6.00. The van der Waals surface area contributed by atoms with Crippen LogP contribution >= 0.6 is 0 Å². The van der Waals surface area contributed by atoms with E-state index in [4.69, 9.17) is 0 Å². The molecule has 3 rings (SSSR count). The van der Waals surface area contributed by atoms with E-state index in [0.717, 1.165) is 27.6 Å². The van der Waals surface area contributed by atoms with Crippen molar-refractivity contribution in [2.45, 2.75) is 39.7 Å². The van der Waals surface area contributed by atoms with Gasteiger partial charge in [0, 0.05) is 22.9 Å². The molecule has 0 saturated carbocycles. The lowest BCUT2D eigenvalue weighted by Gasteiger charge is -2.14. The summed E-state index contributed by atoms with van der Waals surface area (Å²) >= 11 is 0. The molecule has 0 aliphatic carbocycles. The largest absolute Gasteiger partial charge is 0.350 e. The van der Waals surface area contributed by atoms with Gasteiger partial charge in [0.2, 0.25) is 5.91 Å². The minimum absolute atomic E-state index is 0.0520. The maximum Gasteiger partial charge on any atom is 0.251 e. The first-order valence-electron chi connectivity index (χ1n) is 8.91. The average Bonchev–Trinajstić information content (AvgIpc) is 2.60. The summed E-state index contributed by atoms with van der Waals surface area (Å²) in [5.41, 5.74) is 4.68. The van der Waals surface area contributed by atoms with Gasteiger partial charge in [0.05, 0.1) is 6.04 Å². The van der Waals surface area contributed by atoms with E-state index in [0.29, 0.717) is 12.0 Å². The van der Waals surface area contributed by atoms with Crippen molar-refractivity contribution in [1.29, 1.82) is 0 Å². The second-order valence-electron chi connectivity index (χ2n) is 6.87. The fourth-order valence-electron chi connectivity index (χ4n) is 3.29. The molecule has 26 heavy (non-hydrogen) atoms. The number of H-pyrrole nitrogens is 1. The first-order chi connectivity index (χ1) is 12.4. The molecule has 2 aromatic carbocycles. The van der Waals surface area contributed by atoms with Gasteiger partial charge in [-0.25, -0.2) is 0 Å². The zero-order valence-corrected chi connectivity index (χ0v) is 15.4. The number of hydrogen-bond acceptors (Lipinski definition) is 2. The van der Waals surface area contributed by atoms with Crippen LogP contribution in [-0.2, 0) is 11.2 Å². The van der Waals surface area contributed by atoms with Crippen LogP contribution in [-0.4, -0.2) is 10.9 Å². The van der Waals surface area contributed by atoms with Gasteiger partial charge in [-0.05, 0) is 56.0 Å². The third kappa shape index (κ3) is 4.02. The van der Waals surface area contributed by atoms with Crippen LogP contribution in [0.4, 0.5) is 0 Å². The summed E-state index contributed by atoms with van der Waals surface area (Å²) in [4.78, 5) is 27.5. The number of hydrogen-bond donors (Lipinski definition) is 2. The predicted molar refractivity (Wildman–Crippen MR) is 105 cm³/mol. The normalized spacial score (nSPS) is 12.1. The van der Waals surface area contributed by atoms with Crippen LogP contribution in [0.1, 0.15) is 41.6 Å². The quantitative estimate of drug-likeness (QED) is 0.733. The van der Waals surface area contributed by atoms with Crippen LogP contribution in [0, 0.1) is 13.8 Å². The first-order valence-corrected chi connectivity index (χ1v) is 8.91. The Labute approximate surface area is 153 Å². The molecule has 0 aliphatic rings. The van der Waals surface area contributed by atoms with Crippen molar-refractivity contribution >= 4 is 16.8 Å². The van der Waals surface area contributed by atoms with E-state index < -0.39 is 0 Å². The van der Waals surface area contributed by atoms with Gasteiger partial charge in [-0.15, -0.1) is 0 Å². The number of aryl methyl sites for hydroxylation is 3. The Kier molecular flexibility index (Phi) is 5.21. The van der Waals surface area contributed by atoms with Gasteiger partial charge in [-0.3, -0.25) is 9.59 Å². The summed E-state index contributed by atoms with van der Waals surface area (Å²) in [5, 5.41) is 4.02. The second-order valence-corrected chi connectivity index (χ2v) is 6.87. The molecule has 134 valence electrons. The van der Waals surface area contributed by atoms with Crippen LogP contribution in [0.3, 0.4) is 0 Å². The summed E-state index contributed by atoms with van der Waals surface area (Å²) in [7, 11) is 0. The highest BCUT2D eigenvalue weighted by Crippen LogP contribution is 2.19. The zero-order valence-electron chi connectivity index (χ0n) is 15.4. The van der Waals surface area contributed by atoms with Gasteiger partial charge in [0.25, 0.3) is 5.56 Å². The van der Waals surface area contributed by atoms with Crippen molar-refractivity contribution < 1.29 is 4.79 Å². The zero-order chi connectivity index (χ0) is 18.7. The topological polar surface area (TPSA) is 62.0 Å². The van der Waals surface area contributed by atoms with Gasteiger partial charge in [-0.2, -0.15) is 0 Å². The Morgan fingerprint density at radius 1 is 1.12 bits per heavy atom. The van der Waals surface area contributed by atoms with Gasteiger partial charge >= 0.3 is 0 Å². The maximum atomic E-state index is 12.3. The summed E-state index contributed by atoms with van der Waals surface area (Å²) < 4.78 is 0. The molecule has 0 aliphatic heterocycles. The molecule has 0 fully saturated rings. The number of nitrogens with one attached hydrogen (secondary N) is 2. The molecule has 4 nitrogen and oxygen atoms in total. The molecule has 0 bridgehead atoms.